The number of aliphatic hydroxyl groups excluding tert-OH is 1. The molecule has 2 rings (SSSR count). The van der Waals surface area contributed by atoms with Gasteiger partial charge in [0.25, 0.3) is 0 Å². The fourth-order valence-electron chi connectivity index (χ4n) is 2.41. The third-order valence-electron chi connectivity index (χ3n) is 3.52. The quantitative estimate of drug-likeness (QED) is 0.625. The van der Waals surface area contributed by atoms with Crippen molar-refractivity contribution in [3.05, 3.63) is 54.6 Å². The smallest absolute Gasteiger partial charge is 0.387 e. The number of rotatable bonds is 4. The van der Waals surface area contributed by atoms with Gasteiger partial charge in [0.2, 0.25) is 0 Å². The fraction of sp³-hybridized carbons (Fsp3) is 0.312. The summed E-state index contributed by atoms with van der Waals surface area (Å²) in [5.41, 5.74) is 0.846. The SMILES string of the molecule is Cc1cc(C(O)C(CC(F)(F)F)c2ccc(Br)cc2Cl)sc1C#N. The summed E-state index contributed by atoms with van der Waals surface area (Å²) in [6.45, 7) is 1.68. The molecule has 0 fully saturated rings. The van der Waals surface area contributed by atoms with Crippen LogP contribution in [0.1, 0.15) is 39.3 Å². The van der Waals surface area contributed by atoms with Crippen molar-refractivity contribution in [2.24, 2.45) is 0 Å². The van der Waals surface area contributed by atoms with Crippen LogP contribution in [0.15, 0.2) is 28.7 Å². The fourth-order valence-corrected chi connectivity index (χ4v) is 4.24. The van der Waals surface area contributed by atoms with Gasteiger partial charge < -0.3 is 5.11 Å². The molecular formula is C16H12BrClF3NOS. The number of thiophene rings is 1. The molecule has 24 heavy (non-hydrogen) atoms. The third kappa shape index (κ3) is 4.51. The van der Waals surface area contributed by atoms with E-state index in [2.05, 4.69) is 15.9 Å². The van der Waals surface area contributed by atoms with Crippen molar-refractivity contribution in [2.45, 2.75) is 31.5 Å². The van der Waals surface area contributed by atoms with Gasteiger partial charge in [-0.05, 0) is 36.2 Å². The van der Waals surface area contributed by atoms with Crippen LogP contribution in [0.4, 0.5) is 13.2 Å². The molecule has 0 aliphatic heterocycles. The van der Waals surface area contributed by atoms with Crippen LogP contribution < -0.4 is 0 Å². The van der Waals surface area contributed by atoms with Gasteiger partial charge >= 0.3 is 6.18 Å². The average Bonchev–Trinajstić information content (AvgIpc) is 2.84. The summed E-state index contributed by atoms with van der Waals surface area (Å²) in [6, 6.07) is 8.06. The molecule has 0 saturated heterocycles. The molecule has 0 aliphatic rings. The van der Waals surface area contributed by atoms with Gasteiger partial charge in [0.1, 0.15) is 10.9 Å². The highest BCUT2D eigenvalue weighted by molar-refractivity contribution is 9.10. The lowest BCUT2D eigenvalue weighted by Crippen LogP contribution is -2.19. The molecule has 1 N–H and O–H groups in total. The van der Waals surface area contributed by atoms with Gasteiger partial charge in [-0.15, -0.1) is 11.3 Å². The molecule has 8 heteroatoms. The zero-order valence-electron chi connectivity index (χ0n) is 12.4. The summed E-state index contributed by atoms with van der Waals surface area (Å²) in [6.07, 6.45) is -7.09. The number of aryl methyl sites for hydroxylation is 1. The summed E-state index contributed by atoms with van der Waals surface area (Å²) in [5, 5.41) is 19.7. The number of aliphatic hydroxyl groups is 1. The maximum atomic E-state index is 13.0. The van der Waals surface area contributed by atoms with E-state index >= 15 is 0 Å². The molecule has 2 unspecified atom stereocenters. The Labute approximate surface area is 154 Å². The third-order valence-corrected chi connectivity index (χ3v) is 5.56. The van der Waals surface area contributed by atoms with E-state index in [0.717, 1.165) is 11.3 Å². The lowest BCUT2D eigenvalue weighted by atomic mass is 9.89. The van der Waals surface area contributed by atoms with Crippen LogP contribution >= 0.6 is 38.9 Å². The van der Waals surface area contributed by atoms with Crippen LogP contribution in [-0.2, 0) is 0 Å². The first kappa shape index (κ1) is 19.3. The molecule has 1 aromatic heterocycles. The lowest BCUT2D eigenvalue weighted by Gasteiger charge is -2.25. The van der Waals surface area contributed by atoms with E-state index in [4.69, 9.17) is 16.9 Å². The Morgan fingerprint density at radius 1 is 1.38 bits per heavy atom. The van der Waals surface area contributed by atoms with E-state index in [1.807, 2.05) is 6.07 Å². The van der Waals surface area contributed by atoms with Crippen molar-refractivity contribution < 1.29 is 18.3 Å². The molecule has 0 amide bonds. The Hall–Kier alpha value is -1.07. The molecule has 2 nitrogen and oxygen atoms in total. The average molecular weight is 439 g/mol. The molecule has 0 aliphatic carbocycles. The first-order valence-corrected chi connectivity index (χ1v) is 8.81. The van der Waals surface area contributed by atoms with Gasteiger partial charge in [0.15, 0.2) is 0 Å². The van der Waals surface area contributed by atoms with Gasteiger partial charge in [-0.1, -0.05) is 33.6 Å². The van der Waals surface area contributed by atoms with Crippen LogP contribution in [0.5, 0.6) is 0 Å². The largest absolute Gasteiger partial charge is 0.389 e. The van der Waals surface area contributed by atoms with E-state index in [1.165, 1.54) is 12.1 Å². The maximum Gasteiger partial charge on any atom is 0.389 e. The molecule has 0 spiro atoms. The Morgan fingerprint density at radius 3 is 2.54 bits per heavy atom. The molecule has 0 saturated carbocycles. The second kappa shape index (κ2) is 7.44. The number of nitriles is 1. The van der Waals surface area contributed by atoms with Crippen LogP contribution in [0, 0.1) is 18.3 Å². The van der Waals surface area contributed by atoms with Gasteiger partial charge in [-0.2, -0.15) is 18.4 Å². The standard InChI is InChI=1S/C16H12BrClF3NOS/c1-8-4-13(24-14(8)7-22)15(23)11(6-16(19,20)21)10-3-2-9(17)5-12(10)18/h2-5,11,15,23H,6H2,1H3. The minimum atomic E-state index is -4.47. The molecule has 0 bridgehead atoms. The van der Waals surface area contributed by atoms with Crippen molar-refractivity contribution >= 4 is 38.9 Å². The Kier molecular flexibility index (Phi) is 5.97. The van der Waals surface area contributed by atoms with E-state index < -0.39 is 24.6 Å². The highest BCUT2D eigenvalue weighted by Crippen LogP contribution is 2.44. The van der Waals surface area contributed by atoms with Crippen LogP contribution in [0.25, 0.3) is 0 Å². The molecule has 2 aromatic rings. The first-order valence-electron chi connectivity index (χ1n) is 6.82. The minimum Gasteiger partial charge on any atom is -0.387 e. The van der Waals surface area contributed by atoms with Crippen LogP contribution in [0.2, 0.25) is 5.02 Å². The topological polar surface area (TPSA) is 44.0 Å². The number of hydrogen-bond donors (Lipinski definition) is 1. The van der Waals surface area contributed by atoms with Gasteiger partial charge in [-0.25, -0.2) is 0 Å². The predicted octanol–water partition coefficient (Wildman–Crippen LogP) is 6.11. The second-order valence-electron chi connectivity index (χ2n) is 5.31. The number of hydrogen-bond acceptors (Lipinski definition) is 3. The van der Waals surface area contributed by atoms with Gasteiger partial charge in [0, 0.05) is 20.3 Å². The molecule has 128 valence electrons. The minimum absolute atomic E-state index is 0.145. The van der Waals surface area contributed by atoms with E-state index in [0.29, 0.717) is 19.8 Å². The van der Waals surface area contributed by atoms with Crippen LogP contribution in [-0.4, -0.2) is 11.3 Å². The monoisotopic (exact) mass is 437 g/mol. The molecular weight excluding hydrogens is 427 g/mol. The molecule has 1 heterocycles. The van der Waals surface area contributed by atoms with Crippen molar-refractivity contribution in [3.8, 4) is 6.07 Å². The van der Waals surface area contributed by atoms with Crippen molar-refractivity contribution in [3.63, 3.8) is 0 Å². The second-order valence-corrected chi connectivity index (χ2v) is 7.72. The van der Waals surface area contributed by atoms with Crippen molar-refractivity contribution in [2.75, 3.05) is 0 Å². The summed E-state index contributed by atoms with van der Waals surface area (Å²) in [5.74, 6) is -1.25. The summed E-state index contributed by atoms with van der Waals surface area (Å²) < 4.78 is 39.7. The zero-order chi connectivity index (χ0) is 18.1. The summed E-state index contributed by atoms with van der Waals surface area (Å²) in [4.78, 5) is 0.689. The summed E-state index contributed by atoms with van der Waals surface area (Å²) >= 11 is 10.3. The Bertz CT molecular complexity index is 785. The van der Waals surface area contributed by atoms with E-state index in [-0.39, 0.29) is 10.6 Å². The van der Waals surface area contributed by atoms with Crippen molar-refractivity contribution in [1.82, 2.24) is 0 Å². The highest BCUT2D eigenvalue weighted by atomic mass is 79.9. The van der Waals surface area contributed by atoms with E-state index in [1.54, 1.807) is 19.1 Å². The number of nitrogens with zero attached hydrogens (tertiary/aromatic N) is 1. The molecule has 0 radical (unpaired) electrons. The number of alkyl halides is 3. The Morgan fingerprint density at radius 2 is 2.04 bits per heavy atom. The molecule has 2 atom stereocenters. The predicted molar refractivity (Wildman–Crippen MR) is 91.3 cm³/mol. The molecule has 1 aromatic carbocycles. The van der Waals surface area contributed by atoms with Gasteiger partial charge in [0.05, 0.1) is 12.5 Å². The highest BCUT2D eigenvalue weighted by Gasteiger charge is 2.38. The van der Waals surface area contributed by atoms with Gasteiger partial charge in [-0.3, -0.25) is 0 Å². The number of benzene rings is 1. The van der Waals surface area contributed by atoms with Crippen molar-refractivity contribution in [1.29, 1.82) is 5.26 Å². The lowest BCUT2D eigenvalue weighted by molar-refractivity contribution is -0.144. The number of halogens is 5. The zero-order valence-corrected chi connectivity index (χ0v) is 15.5. The van der Waals surface area contributed by atoms with Crippen LogP contribution in [0.3, 0.4) is 0 Å². The van der Waals surface area contributed by atoms with E-state index in [9.17, 15) is 18.3 Å². The normalized spacial score (nSPS) is 14.2. The first-order chi connectivity index (χ1) is 11.1. The maximum absolute atomic E-state index is 13.0. The summed E-state index contributed by atoms with van der Waals surface area (Å²) in [7, 11) is 0. The Balaban J connectivity index is 2.47.